The van der Waals surface area contributed by atoms with Gasteiger partial charge in [-0.3, -0.25) is 4.79 Å². The number of benzene rings is 2. The molecule has 0 fully saturated rings. The molecule has 2 rings (SSSR count). The van der Waals surface area contributed by atoms with E-state index in [-0.39, 0.29) is 5.78 Å². The highest BCUT2D eigenvalue weighted by Gasteiger charge is 2.11. The van der Waals surface area contributed by atoms with Gasteiger partial charge < -0.3 is 14.2 Å². The molecular formula is C20H22O4. The third-order valence-corrected chi connectivity index (χ3v) is 3.79. The highest BCUT2D eigenvalue weighted by molar-refractivity contribution is 6.09. The first-order chi connectivity index (χ1) is 11.6. The van der Waals surface area contributed by atoms with E-state index in [0.717, 1.165) is 17.7 Å². The lowest BCUT2D eigenvalue weighted by molar-refractivity contribution is 0.104. The zero-order valence-electron chi connectivity index (χ0n) is 14.5. The second kappa shape index (κ2) is 8.20. The Kier molecular flexibility index (Phi) is 6.01. The maximum Gasteiger partial charge on any atom is 0.189 e. The van der Waals surface area contributed by atoms with Crippen molar-refractivity contribution in [2.75, 3.05) is 21.3 Å². The molecule has 0 radical (unpaired) electrons. The van der Waals surface area contributed by atoms with E-state index >= 15 is 0 Å². The Morgan fingerprint density at radius 1 is 0.958 bits per heavy atom. The van der Waals surface area contributed by atoms with Crippen molar-refractivity contribution in [3.05, 3.63) is 59.2 Å². The molecule has 0 aliphatic rings. The first-order valence-electron chi connectivity index (χ1n) is 7.74. The highest BCUT2D eigenvalue weighted by atomic mass is 16.5. The predicted octanol–water partition coefficient (Wildman–Crippen LogP) is 4.17. The monoisotopic (exact) mass is 326 g/mol. The number of rotatable bonds is 7. The smallest absolute Gasteiger partial charge is 0.189 e. The lowest BCUT2D eigenvalue weighted by atomic mass is 10.0. The molecule has 0 bridgehead atoms. The van der Waals surface area contributed by atoms with Crippen LogP contribution < -0.4 is 14.2 Å². The van der Waals surface area contributed by atoms with Gasteiger partial charge >= 0.3 is 0 Å². The van der Waals surface area contributed by atoms with Crippen molar-refractivity contribution in [3.8, 4) is 17.2 Å². The normalized spacial score (nSPS) is 10.7. The van der Waals surface area contributed by atoms with Crippen LogP contribution in [0.5, 0.6) is 17.2 Å². The summed E-state index contributed by atoms with van der Waals surface area (Å²) in [5.41, 5.74) is 2.51. The van der Waals surface area contributed by atoms with Gasteiger partial charge in [0.15, 0.2) is 5.78 Å². The Morgan fingerprint density at radius 3 is 2.29 bits per heavy atom. The molecule has 2 aromatic rings. The van der Waals surface area contributed by atoms with Crippen molar-refractivity contribution in [1.29, 1.82) is 0 Å². The zero-order chi connectivity index (χ0) is 17.5. The Bertz CT molecular complexity index is 747. The van der Waals surface area contributed by atoms with Crippen molar-refractivity contribution in [2.24, 2.45) is 0 Å². The maximum atomic E-state index is 12.6. The SMILES string of the molecule is CCc1ccc(OC)c(/C=C/C(=O)c2cc(OC)ccc2OC)c1. The van der Waals surface area contributed by atoms with Crippen molar-refractivity contribution in [1.82, 2.24) is 0 Å². The molecule has 126 valence electrons. The Morgan fingerprint density at radius 2 is 1.67 bits per heavy atom. The average molecular weight is 326 g/mol. The first-order valence-corrected chi connectivity index (χ1v) is 7.74. The van der Waals surface area contributed by atoms with E-state index in [1.807, 2.05) is 18.2 Å². The van der Waals surface area contributed by atoms with Crippen LogP contribution in [0.4, 0.5) is 0 Å². The van der Waals surface area contributed by atoms with Gasteiger partial charge in [-0.05, 0) is 54.5 Å². The van der Waals surface area contributed by atoms with Gasteiger partial charge in [-0.15, -0.1) is 0 Å². The first kappa shape index (κ1) is 17.6. The summed E-state index contributed by atoms with van der Waals surface area (Å²) < 4.78 is 15.8. The van der Waals surface area contributed by atoms with Crippen molar-refractivity contribution < 1.29 is 19.0 Å². The molecule has 4 heteroatoms. The Balaban J connectivity index is 2.34. The minimum atomic E-state index is -0.158. The summed E-state index contributed by atoms with van der Waals surface area (Å²) in [7, 11) is 4.72. The van der Waals surface area contributed by atoms with Gasteiger partial charge in [0.25, 0.3) is 0 Å². The van der Waals surface area contributed by atoms with Crippen molar-refractivity contribution >= 4 is 11.9 Å². The third kappa shape index (κ3) is 3.96. The molecule has 2 aromatic carbocycles. The number of ketones is 1. The number of carbonyl (C=O) groups is 1. The summed E-state index contributed by atoms with van der Waals surface area (Å²) in [5.74, 6) is 1.70. The predicted molar refractivity (Wildman–Crippen MR) is 95.3 cm³/mol. The van der Waals surface area contributed by atoms with Crippen LogP contribution in [0.2, 0.25) is 0 Å². The van der Waals surface area contributed by atoms with Crippen LogP contribution in [0.3, 0.4) is 0 Å². The lowest BCUT2D eigenvalue weighted by Gasteiger charge is -2.09. The molecule has 0 amide bonds. The fourth-order valence-electron chi connectivity index (χ4n) is 2.40. The van der Waals surface area contributed by atoms with E-state index in [9.17, 15) is 4.79 Å². The largest absolute Gasteiger partial charge is 0.497 e. The minimum absolute atomic E-state index is 0.158. The van der Waals surface area contributed by atoms with Gasteiger partial charge in [0.1, 0.15) is 17.2 Å². The van der Waals surface area contributed by atoms with Crippen LogP contribution in [0.25, 0.3) is 6.08 Å². The summed E-state index contributed by atoms with van der Waals surface area (Å²) >= 11 is 0. The second-order valence-corrected chi connectivity index (χ2v) is 5.19. The number of aryl methyl sites for hydroxylation is 1. The fraction of sp³-hybridized carbons (Fsp3) is 0.250. The Hall–Kier alpha value is -2.75. The van der Waals surface area contributed by atoms with Gasteiger partial charge in [0.2, 0.25) is 0 Å². The topological polar surface area (TPSA) is 44.8 Å². The summed E-state index contributed by atoms with van der Waals surface area (Å²) in [4.78, 5) is 12.6. The lowest BCUT2D eigenvalue weighted by Crippen LogP contribution is -2.00. The molecule has 0 aliphatic heterocycles. The average Bonchev–Trinajstić information content (AvgIpc) is 2.65. The van der Waals surface area contributed by atoms with Gasteiger partial charge in [0, 0.05) is 5.56 Å². The molecule has 0 aromatic heterocycles. The van der Waals surface area contributed by atoms with E-state index in [1.54, 1.807) is 38.5 Å². The summed E-state index contributed by atoms with van der Waals surface area (Å²) in [6.07, 6.45) is 4.20. The zero-order valence-corrected chi connectivity index (χ0v) is 14.5. The molecule has 0 saturated carbocycles. The number of methoxy groups -OCH3 is 3. The van der Waals surface area contributed by atoms with Gasteiger partial charge in [-0.2, -0.15) is 0 Å². The molecule has 0 aliphatic carbocycles. The number of ether oxygens (including phenoxy) is 3. The third-order valence-electron chi connectivity index (χ3n) is 3.79. The molecule has 0 N–H and O–H groups in total. The Labute approximate surface area is 142 Å². The number of hydrogen-bond acceptors (Lipinski definition) is 4. The van der Waals surface area contributed by atoms with Crippen LogP contribution in [0.1, 0.15) is 28.4 Å². The van der Waals surface area contributed by atoms with Gasteiger partial charge in [0.05, 0.1) is 26.9 Å². The summed E-state index contributed by atoms with van der Waals surface area (Å²) in [5, 5.41) is 0. The second-order valence-electron chi connectivity index (χ2n) is 5.19. The van der Waals surface area contributed by atoms with Crippen LogP contribution in [-0.4, -0.2) is 27.1 Å². The highest BCUT2D eigenvalue weighted by Crippen LogP contribution is 2.26. The van der Waals surface area contributed by atoms with E-state index in [1.165, 1.54) is 18.7 Å². The van der Waals surface area contributed by atoms with Gasteiger partial charge in [-0.1, -0.05) is 13.0 Å². The molecule has 24 heavy (non-hydrogen) atoms. The van der Waals surface area contributed by atoms with Crippen molar-refractivity contribution in [3.63, 3.8) is 0 Å². The standard InChI is InChI=1S/C20H22O4/c1-5-14-6-10-19(23-3)15(12-14)7-9-18(21)17-13-16(22-2)8-11-20(17)24-4/h6-13H,5H2,1-4H3/b9-7+. The maximum absolute atomic E-state index is 12.6. The minimum Gasteiger partial charge on any atom is -0.497 e. The molecule has 4 nitrogen and oxygen atoms in total. The molecule has 0 saturated heterocycles. The van der Waals surface area contributed by atoms with Crippen molar-refractivity contribution in [2.45, 2.75) is 13.3 Å². The quantitative estimate of drug-likeness (QED) is 0.566. The van der Waals surface area contributed by atoms with Crippen LogP contribution in [0.15, 0.2) is 42.5 Å². The summed E-state index contributed by atoms with van der Waals surface area (Å²) in [6.45, 7) is 2.08. The van der Waals surface area contributed by atoms with E-state index in [4.69, 9.17) is 14.2 Å². The van der Waals surface area contributed by atoms with E-state index in [2.05, 4.69) is 6.92 Å². The van der Waals surface area contributed by atoms with E-state index in [0.29, 0.717) is 17.1 Å². The number of hydrogen-bond donors (Lipinski definition) is 0. The fourth-order valence-corrected chi connectivity index (χ4v) is 2.40. The van der Waals surface area contributed by atoms with Crippen LogP contribution >= 0.6 is 0 Å². The molecular weight excluding hydrogens is 304 g/mol. The molecule has 0 spiro atoms. The van der Waals surface area contributed by atoms with Crippen LogP contribution in [0, 0.1) is 0 Å². The number of carbonyl (C=O) groups excluding carboxylic acids is 1. The molecule has 0 atom stereocenters. The molecule has 0 heterocycles. The molecule has 0 unspecified atom stereocenters. The van der Waals surface area contributed by atoms with Crippen LogP contribution in [-0.2, 0) is 6.42 Å². The van der Waals surface area contributed by atoms with Gasteiger partial charge in [-0.25, -0.2) is 0 Å². The number of allylic oxidation sites excluding steroid dienone is 1. The summed E-state index contributed by atoms with van der Waals surface area (Å²) in [6, 6.07) is 11.1. The van der Waals surface area contributed by atoms with E-state index < -0.39 is 0 Å².